The summed E-state index contributed by atoms with van der Waals surface area (Å²) in [6, 6.07) is 0. The van der Waals surface area contributed by atoms with Crippen LogP contribution in [-0.2, 0) is 24.9 Å². The van der Waals surface area contributed by atoms with Gasteiger partial charge in [0.2, 0.25) is 0 Å². The minimum atomic E-state index is -1.09. The molecule has 0 fully saturated rings. The van der Waals surface area contributed by atoms with E-state index in [1.807, 2.05) is 0 Å². The Morgan fingerprint density at radius 1 is 1.83 bits per heavy atom. The topological polar surface area (TPSA) is 37.3 Å². The van der Waals surface area contributed by atoms with E-state index in [4.69, 9.17) is 5.11 Å². The normalized spacial score (nSPS) is 5.33. The van der Waals surface area contributed by atoms with Crippen LogP contribution in [0.15, 0.2) is 6.08 Å². The second kappa shape index (κ2) is 4.86. The summed E-state index contributed by atoms with van der Waals surface area (Å²) in [4.78, 5) is 9.19. The Morgan fingerprint density at radius 2 is 2.00 bits per heavy atom. The summed E-state index contributed by atoms with van der Waals surface area (Å²) in [5.41, 5.74) is 0. The van der Waals surface area contributed by atoms with Crippen LogP contribution >= 0.6 is 0 Å². The molecular weight excluding hydrogens is 166 g/mol. The van der Waals surface area contributed by atoms with Crippen LogP contribution in [0, 0.1) is 6.58 Å². The van der Waals surface area contributed by atoms with E-state index >= 15 is 0 Å². The zero-order chi connectivity index (χ0) is 4.28. The smallest absolute Gasteiger partial charge is 0.165 e. The molecule has 0 aliphatic carbocycles. The fourth-order valence-electron chi connectivity index (χ4n) is 0. The number of hydrogen-bond donors (Lipinski definition) is 1. The molecule has 0 amide bonds. The average Bonchev–Trinajstić information content (AvgIpc) is 1.38. The van der Waals surface area contributed by atoms with Crippen LogP contribution < -0.4 is 0 Å². The maximum absolute atomic E-state index is 9.19. The molecule has 0 saturated carbocycles. The van der Waals surface area contributed by atoms with Crippen molar-refractivity contribution in [2.45, 2.75) is 0 Å². The van der Waals surface area contributed by atoms with Crippen molar-refractivity contribution in [1.29, 1.82) is 0 Å². The summed E-state index contributed by atoms with van der Waals surface area (Å²) in [6.07, 6.45) is 0.583. The van der Waals surface area contributed by atoms with E-state index in [1.54, 1.807) is 0 Å². The molecule has 0 heterocycles. The van der Waals surface area contributed by atoms with E-state index in [1.165, 1.54) is 0 Å². The van der Waals surface area contributed by atoms with E-state index in [2.05, 4.69) is 6.58 Å². The number of hydrogen-bond acceptors (Lipinski definition) is 1. The molecule has 6 heavy (non-hydrogen) atoms. The fraction of sp³-hybridized carbons (Fsp3) is 0. The van der Waals surface area contributed by atoms with Crippen molar-refractivity contribution in [2.24, 2.45) is 0 Å². The average molecular weight is 169 g/mol. The summed E-state index contributed by atoms with van der Waals surface area (Å²) in [5.74, 6) is -1.09. The predicted octanol–water partition coefficient (Wildman–Crippen LogP) is 0.0577. The van der Waals surface area contributed by atoms with Crippen molar-refractivity contribution in [3.05, 3.63) is 12.7 Å². The van der Waals surface area contributed by atoms with Crippen molar-refractivity contribution < 1.29 is 30.0 Å². The Balaban J connectivity index is 0. The molecule has 0 bridgehead atoms. The zero-order valence-corrected chi connectivity index (χ0v) is 4.75. The van der Waals surface area contributed by atoms with Gasteiger partial charge in [-0.1, -0.05) is 0 Å². The molecule has 0 unspecified atom stereocenters. The van der Waals surface area contributed by atoms with Crippen LogP contribution in [0.4, 0.5) is 0 Å². The van der Waals surface area contributed by atoms with Gasteiger partial charge in [-0.2, -0.15) is 6.08 Å². The molecule has 2 nitrogen and oxygen atoms in total. The fourth-order valence-corrected chi connectivity index (χ4v) is 0. The van der Waals surface area contributed by atoms with Crippen LogP contribution in [0.1, 0.15) is 0 Å². The van der Waals surface area contributed by atoms with Gasteiger partial charge in [-0.25, -0.2) is 0 Å². The largest absolute Gasteiger partial charge is 0.562 e. The third-order valence-corrected chi connectivity index (χ3v) is 0.143. The van der Waals surface area contributed by atoms with Crippen LogP contribution in [0.3, 0.4) is 0 Å². The van der Waals surface area contributed by atoms with Gasteiger partial charge in [-0.15, -0.1) is 0 Å². The van der Waals surface area contributed by atoms with Gasteiger partial charge in [-0.3, -0.25) is 6.58 Å². The predicted molar refractivity (Wildman–Crippen MR) is 16.5 cm³/mol. The third-order valence-electron chi connectivity index (χ3n) is 0.143. The van der Waals surface area contributed by atoms with E-state index in [0.29, 0.717) is 6.08 Å². The molecule has 3 heteroatoms. The molecule has 0 spiro atoms. The van der Waals surface area contributed by atoms with Gasteiger partial charge in [0.1, 0.15) is 0 Å². The Kier molecular flexibility index (Phi) is 7.52. The van der Waals surface area contributed by atoms with Crippen molar-refractivity contribution >= 4 is 5.97 Å². The number of rotatable bonds is 1. The van der Waals surface area contributed by atoms with Crippen LogP contribution in [-0.4, -0.2) is 11.1 Å². The molecule has 1 N–H and O–H groups in total. The summed E-state index contributed by atoms with van der Waals surface area (Å²) in [7, 11) is 0. The van der Waals surface area contributed by atoms with E-state index in [0.717, 1.165) is 0 Å². The Bertz CT molecular complexity index is 59.8. The summed E-state index contributed by atoms with van der Waals surface area (Å²) in [5, 5.41) is 7.54. The maximum Gasteiger partial charge on any atom is 0.165 e. The number of aliphatic carboxylic acids is 1. The van der Waals surface area contributed by atoms with Crippen LogP contribution in [0.2, 0.25) is 0 Å². The molecule has 1 radical (unpaired) electrons. The molecule has 0 aromatic heterocycles. The molecule has 0 atom stereocenters. The van der Waals surface area contributed by atoms with Crippen molar-refractivity contribution in [2.75, 3.05) is 0 Å². The van der Waals surface area contributed by atoms with Crippen LogP contribution in [0.25, 0.3) is 0 Å². The van der Waals surface area contributed by atoms with Crippen molar-refractivity contribution in [1.82, 2.24) is 0 Å². The first-order chi connectivity index (χ1) is 2.27. The second-order valence-electron chi connectivity index (χ2n) is 0.505. The summed E-state index contributed by atoms with van der Waals surface area (Å²) in [6.45, 7) is 4.45. The zero-order valence-electron chi connectivity index (χ0n) is 2.89. The van der Waals surface area contributed by atoms with Crippen molar-refractivity contribution in [3.63, 3.8) is 0 Å². The first-order valence-electron chi connectivity index (χ1n) is 1.05. The van der Waals surface area contributed by atoms with Gasteiger partial charge >= 0.3 is 0 Å². The van der Waals surface area contributed by atoms with Gasteiger partial charge < -0.3 is 9.90 Å². The number of carbonyl (C=O) groups is 1. The SMILES string of the molecule is [CH-]=CC(=O)O.[Tc]. The molecule has 0 aliphatic heterocycles. The monoisotopic (exact) mass is 168 g/mol. The standard InChI is InChI=1S/C3H3O2.Tc/c1-2-3(4)5;/h1-2H,(H,4,5);/q-1;. The Labute approximate surface area is 49.2 Å². The van der Waals surface area contributed by atoms with E-state index in [9.17, 15) is 4.79 Å². The molecule has 0 saturated heterocycles. The van der Waals surface area contributed by atoms with Gasteiger partial charge in [0, 0.05) is 20.1 Å². The summed E-state index contributed by atoms with van der Waals surface area (Å²) >= 11 is 0. The Morgan fingerprint density at radius 3 is 2.00 bits per heavy atom. The third kappa shape index (κ3) is 9.13. The number of carboxylic acids is 1. The molecule has 0 aromatic carbocycles. The quantitative estimate of drug-likeness (QED) is 0.445. The van der Waals surface area contributed by atoms with Crippen LogP contribution in [0.5, 0.6) is 0 Å². The van der Waals surface area contributed by atoms with Crippen molar-refractivity contribution in [3.8, 4) is 0 Å². The van der Waals surface area contributed by atoms with Gasteiger partial charge in [0.15, 0.2) is 5.97 Å². The first-order valence-corrected chi connectivity index (χ1v) is 1.05. The molecule has 35 valence electrons. The van der Waals surface area contributed by atoms with E-state index < -0.39 is 5.97 Å². The molecular formula is C3H3O2Tc-. The molecule has 0 aliphatic rings. The summed E-state index contributed by atoms with van der Waals surface area (Å²) < 4.78 is 0. The minimum Gasteiger partial charge on any atom is -0.562 e. The van der Waals surface area contributed by atoms with Gasteiger partial charge in [-0.05, 0) is 0 Å². The van der Waals surface area contributed by atoms with Gasteiger partial charge in [0.25, 0.3) is 0 Å². The Hall–Kier alpha value is -0.141. The molecule has 0 aromatic rings. The van der Waals surface area contributed by atoms with E-state index in [-0.39, 0.29) is 20.1 Å². The minimum absolute atomic E-state index is 0. The second-order valence-corrected chi connectivity index (χ2v) is 0.505. The first kappa shape index (κ1) is 9.29. The molecule has 0 rings (SSSR count). The maximum atomic E-state index is 9.19. The number of carboxylic acid groups (broad SMARTS) is 1. The van der Waals surface area contributed by atoms with Gasteiger partial charge in [0.05, 0.1) is 0 Å².